The van der Waals surface area contributed by atoms with E-state index in [0.29, 0.717) is 60.5 Å². The average molecular weight is 655 g/mol. The highest BCUT2D eigenvalue weighted by atomic mass is 31.1. The normalized spacial score (nSPS) is 13.3. The Kier molecular flexibility index (Phi) is 13.9. The van der Waals surface area contributed by atoms with Gasteiger partial charge in [0.1, 0.15) is 11.5 Å². The van der Waals surface area contributed by atoms with E-state index in [1.54, 1.807) is 24.3 Å². The summed E-state index contributed by atoms with van der Waals surface area (Å²) in [6, 6.07) is 22.9. The van der Waals surface area contributed by atoms with Crippen molar-refractivity contribution in [2.24, 2.45) is 0 Å². The molecule has 3 atom stereocenters. The summed E-state index contributed by atoms with van der Waals surface area (Å²) in [4.78, 5) is 0. The molecule has 8 heteroatoms. The van der Waals surface area contributed by atoms with Crippen LogP contribution in [0.3, 0.4) is 0 Å². The van der Waals surface area contributed by atoms with Gasteiger partial charge in [-0.25, -0.2) is 0 Å². The van der Waals surface area contributed by atoms with E-state index in [9.17, 15) is 9.13 Å². The predicted molar refractivity (Wildman–Crippen MR) is 186 cm³/mol. The van der Waals surface area contributed by atoms with Gasteiger partial charge in [0.2, 0.25) is 0 Å². The zero-order valence-electron chi connectivity index (χ0n) is 28.4. The Bertz CT molecular complexity index is 1360. The van der Waals surface area contributed by atoms with Crippen LogP contribution in [0.25, 0.3) is 0 Å². The van der Waals surface area contributed by atoms with Crippen molar-refractivity contribution in [2.75, 3.05) is 0 Å². The quantitative estimate of drug-likeness (QED) is 0.120. The minimum Gasteiger partial charge on any atom is -0.442 e. The number of hydrogen-bond acceptors (Lipinski definition) is 6. The standard InChI is InChI=1S/C37H52O6P2/c1-9-28(8)30-19-23-32(24-20-30)40-36(12-4,13-5)44(38)42-34-17-16-18-35(27-34)43-45(39)37(14-6,15-7)41-33-25-21-31(22-26-33)29(10-2)11-3/h16-29H,9-15H2,1-8H3/q+2. The van der Waals surface area contributed by atoms with Crippen LogP contribution in [0, 0.1) is 0 Å². The third kappa shape index (κ3) is 9.08. The van der Waals surface area contributed by atoms with Crippen LogP contribution in [0.2, 0.25) is 0 Å². The van der Waals surface area contributed by atoms with Crippen molar-refractivity contribution in [3.8, 4) is 23.0 Å². The van der Waals surface area contributed by atoms with Crippen LogP contribution in [0.4, 0.5) is 0 Å². The summed E-state index contributed by atoms with van der Waals surface area (Å²) >= 11 is 0. The third-order valence-electron chi connectivity index (χ3n) is 9.07. The molecule has 0 aliphatic carbocycles. The molecule has 0 radical (unpaired) electrons. The van der Waals surface area contributed by atoms with E-state index in [4.69, 9.17) is 18.5 Å². The lowest BCUT2D eigenvalue weighted by atomic mass is 9.94. The largest absolute Gasteiger partial charge is 0.604 e. The Morgan fingerprint density at radius 1 is 0.556 bits per heavy atom. The molecule has 0 aromatic heterocycles. The smallest absolute Gasteiger partial charge is 0.442 e. The lowest BCUT2D eigenvalue weighted by Crippen LogP contribution is -2.32. The van der Waals surface area contributed by atoms with Crippen LogP contribution < -0.4 is 18.5 Å². The number of ether oxygens (including phenoxy) is 2. The fraction of sp³-hybridized carbons (Fsp3) is 0.514. The van der Waals surface area contributed by atoms with Gasteiger partial charge < -0.3 is 9.47 Å². The van der Waals surface area contributed by atoms with Gasteiger partial charge in [-0.15, -0.1) is 0 Å². The fourth-order valence-electron chi connectivity index (χ4n) is 5.43. The molecular formula is C37H52O6P2+2. The van der Waals surface area contributed by atoms with Crippen molar-refractivity contribution < 1.29 is 27.7 Å². The molecule has 6 nitrogen and oxygen atoms in total. The summed E-state index contributed by atoms with van der Waals surface area (Å²) in [5.74, 6) is 3.01. The van der Waals surface area contributed by atoms with E-state index in [1.807, 2.05) is 52.0 Å². The van der Waals surface area contributed by atoms with Crippen molar-refractivity contribution >= 4 is 16.1 Å². The van der Waals surface area contributed by atoms with Gasteiger partial charge in [0, 0.05) is 31.7 Å². The molecule has 0 fully saturated rings. The first-order valence-electron chi connectivity index (χ1n) is 16.6. The average Bonchev–Trinajstić information content (AvgIpc) is 3.07. The monoisotopic (exact) mass is 654 g/mol. The van der Waals surface area contributed by atoms with E-state index >= 15 is 0 Å². The first kappa shape index (κ1) is 36.5. The molecule has 0 saturated heterocycles. The van der Waals surface area contributed by atoms with Gasteiger partial charge in [0.15, 0.2) is 11.5 Å². The topological polar surface area (TPSA) is 71.1 Å². The lowest BCUT2D eigenvalue weighted by Gasteiger charge is -2.22. The molecule has 0 aliphatic rings. The number of benzene rings is 3. The Morgan fingerprint density at radius 2 is 0.956 bits per heavy atom. The Hall–Kier alpha value is -2.94. The van der Waals surface area contributed by atoms with Crippen LogP contribution in [-0.4, -0.2) is 10.7 Å². The first-order chi connectivity index (χ1) is 21.6. The van der Waals surface area contributed by atoms with Crippen molar-refractivity contribution in [1.29, 1.82) is 0 Å². The molecule has 3 aromatic carbocycles. The highest BCUT2D eigenvalue weighted by Gasteiger charge is 2.54. The van der Waals surface area contributed by atoms with Gasteiger partial charge >= 0.3 is 26.7 Å². The van der Waals surface area contributed by atoms with Crippen LogP contribution in [-0.2, 0) is 9.13 Å². The van der Waals surface area contributed by atoms with Gasteiger partial charge in [-0.05, 0) is 87.8 Å². The van der Waals surface area contributed by atoms with E-state index in [-0.39, 0.29) is 0 Å². The summed E-state index contributed by atoms with van der Waals surface area (Å²) in [6.07, 6.45) is 5.22. The van der Waals surface area contributed by atoms with Crippen LogP contribution in [0.15, 0.2) is 72.8 Å². The van der Waals surface area contributed by atoms with Crippen LogP contribution in [0.5, 0.6) is 23.0 Å². The summed E-state index contributed by atoms with van der Waals surface area (Å²) < 4.78 is 52.2. The van der Waals surface area contributed by atoms with E-state index < -0.39 is 26.7 Å². The molecule has 45 heavy (non-hydrogen) atoms. The summed E-state index contributed by atoms with van der Waals surface area (Å²) in [5, 5.41) is -2.02. The second kappa shape index (κ2) is 17.1. The molecule has 3 unspecified atom stereocenters. The van der Waals surface area contributed by atoms with Crippen molar-refractivity contribution in [3.63, 3.8) is 0 Å². The first-order valence-corrected chi connectivity index (χ1v) is 19.0. The molecule has 0 amide bonds. The van der Waals surface area contributed by atoms with Gasteiger partial charge in [0.05, 0.1) is 0 Å². The van der Waals surface area contributed by atoms with Gasteiger partial charge in [-0.3, -0.25) is 9.05 Å². The zero-order chi connectivity index (χ0) is 33.0. The molecule has 0 saturated carbocycles. The maximum atomic E-state index is 13.7. The summed E-state index contributed by atoms with van der Waals surface area (Å²) in [6.45, 7) is 16.6. The molecule has 0 bridgehead atoms. The number of hydrogen-bond donors (Lipinski definition) is 0. The third-order valence-corrected chi connectivity index (χ3v) is 12.6. The van der Waals surface area contributed by atoms with Crippen molar-refractivity contribution in [1.82, 2.24) is 0 Å². The molecule has 0 aliphatic heterocycles. The van der Waals surface area contributed by atoms with Crippen molar-refractivity contribution in [3.05, 3.63) is 83.9 Å². The second-order valence-electron chi connectivity index (χ2n) is 11.6. The summed E-state index contributed by atoms with van der Waals surface area (Å²) in [5.41, 5.74) is 2.52. The molecular weight excluding hydrogens is 602 g/mol. The summed E-state index contributed by atoms with van der Waals surface area (Å²) in [7, 11) is -4.57. The Morgan fingerprint density at radius 3 is 1.31 bits per heavy atom. The van der Waals surface area contributed by atoms with E-state index in [0.717, 1.165) is 19.3 Å². The van der Waals surface area contributed by atoms with Crippen LogP contribution in [0.1, 0.15) is 123 Å². The second-order valence-corrected chi connectivity index (χ2v) is 14.7. The minimum absolute atomic E-state index is 0.357. The van der Waals surface area contributed by atoms with Crippen LogP contribution >= 0.6 is 16.1 Å². The van der Waals surface area contributed by atoms with E-state index in [2.05, 4.69) is 52.0 Å². The maximum absolute atomic E-state index is 13.7. The highest BCUT2D eigenvalue weighted by Crippen LogP contribution is 2.49. The van der Waals surface area contributed by atoms with Gasteiger partial charge in [0.25, 0.3) is 0 Å². The van der Waals surface area contributed by atoms with Gasteiger partial charge in [-0.1, -0.05) is 85.7 Å². The maximum Gasteiger partial charge on any atom is 0.604 e. The SMILES string of the molecule is CCC(C)c1ccc(OC(CC)(CC)[P+](=O)Oc2cccc(O[P+](=O)C(CC)(CC)Oc3ccc(C(CC)CC)cc3)c2)cc1. The van der Waals surface area contributed by atoms with E-state index in [1.165, 1.54) is 11.1 Å². The zero-order valence-corrected chi connectivity index (χ0v) is 30.2. The Labute approximate surface area is 273 Å². The predicted octanol–water partition coefficient (Wildman–Crippen LogP) is 12.5. The Balaban J connectivity index is 1.74. The molecule has 0 N–H and O–H groups in total. The molecule has 0 heterocycles. The molecule has 3 rings (SSSR count). The fourth-order valence-corrected chi connectivity index (χ4v) is 7.77. The molecule has 3 aromatic rings. The lowest BCUT2D eigenvalue weighted by molar-refractivity contribution is 0.135. The molecule has 0 spiro atoms. The van der Waals surface area contributed by atoms with Gasteiger partial charge in [-0.2, -0.15) is 0 Å². The number of rotatable bonds is 19. The minimum atomic E-state index is -2.28. The highest BCUT2D eigenvalue weighted by molar-refractivity contribution is 7.41. The molecule has 244 valence electrons. The van der Waals surface area contributed by atoms with Crippen molar-refractivity contribution in [2.45, 2.75) is 123 Å².